The highest BCUT2D eigenvalue weighted by Crippen LogP contribution is 2.37. The molecule has 1 aliphatic rings. The summed E-state index contributed by atoms with van der Waals surface area (Å²) in [6.45, 7) is 5.61. The lowest BCUT2D eigenvalue weighted by molar-refractivity contribution is -0.119. The lowest BCUT2D eigenvalue weighted by atomic mass is 10.1. The average Bonchev–Trinajstić information content (AvgIpc) is 2.81. The molecule has 0 saturated carbocycles. The predicted molar refractivity (Wildman–Crippen MR) is 104 cm³/mol. The summed E-state index contributed by atoms with van der Waals surface area (Å²) >= 11 is 12.3. The number of imide groups is 1. The SMILES string of the molecule is Cc1c(Cl)cccc1N1C(=O)C(Cl)=C(c2ccc(OC(C)C)cc2)C1=O. The number of hydrogen-bond donors (Lipinski definition) is 0. The third-order valence-electron chi connectivity index (χ3n) is 4.02. The molecule has 1 heterocycles. The van der Waals surface area contributed by atoms with Crippen LogP contribution in [0.15, 0.2) is 47.5 Å². The van der Waals surface area contributed by atoms with Gasteiger partial charge >= 0.3 is 0 Å². The molecule has 6 heteroatoms. The van der Waals surface area contributed by atoms with E-state index in [-0.39, 0.29) is 16.7 Å². The fraction of sp³-hybridized carbons (Fsp3) is 0.200. The fourth-order valence-electron chi connectivity index (χ4n) is 2.78. The smallest absolute Gasteiger partial charge is 0.277 e. The third-order valence-corrected chi connectivity index (χ3v) is 4.78. The van der Waals surface area contributed by atoms with Gasteiger partial charge in [0.05, 0.1) is 17.4 Å². The summed E-state index contributed by atoms with van der Waals surface area (Å²) in [7, 11) is 0. The van der Waals surface area contributed by atoms with Gasteiger partial charge in [-0.25, -0.2) is 4.90 Å². The van der Waals surface area contributed by atoms with Crippen molar-refractivity contribution in [2.24, 2.45) is 0 Å². The van der Waals surface area contributed by atoms with Crippen molar-refractivity contribution < 1.29 is 14.3 Å². The van der Waals surface area contributed by atoms with E-state index >= 15 is 0 Å². The molecule has 0 aliphatic carbocycles. The highest BCUT2D eigenvalue weighted by molar-refractivity contribution is 6.60. The summed E-state index contributed by atoms with van der Waals surface area (Å²) in [5, 5.41) is 0.370. The van der Waals surface area contributed by atoms with E-state index in [1.807, 2.05) is 13.8 Å². The van der Waals surface area contributed by atoms with Crippen molar-refractivity contribution in [3.63, 3.8) is 0 Å². The number of carbonyl (C=O) groups excluding carboxylic acids is 2. The number of benzene rings is 2. The first kappa shape index (κ1) is 18.5. The van der Waals surface area contributed by atoms with Crippen LogP contribution in [0.5, 0.6) is 5.75 Å². The monoisotopic (exact) mass is 389 g/mol. The zero-order valence-corrected chi connectivity index (χ0v) is 16.1. The third kappa shape index (κ3) is 3.22. The van der Waals surface area contributed by atoms with Gasteiger partial charge in [-0.15, -0.1) is 0 Å². The number of amides is 2. The minimum Gasteiger partial charge on any atom is -0.491 e. The molecule has 0 radical (unpaired) electrons. The first-order valence-corrected chi connectivity index (χ1v) is 8.87. The molecule has 2 aromatic carbocycles. The maximum Gasteiger partial charge on any atom is 0.277 e. The standard InChI is InChI=1S/C20H17Cl2NO3/c1-11(2)26-14-9-7-13(8-10-14)17-18(22)20(25)23(19(17)24)16-6-4-5-15(21)12(16)3/h4-11H,1-3H3. The molecule has 0 atom stereocenters. The average molecular weight is 390 g/mol. The molecule has 2 amide bonds. The van der Waals surface area contributed by atoms with E-state index in [1.165, 1.54) is 0 Å². The van der Waals surface area contributed by atoms with Crippen LogP contribution in [0.1, 0.15) is 25.0 Å². The first-order valence-electron chi connectivity index (χ1n) is 8.12. The van der Waals surface area contributed by atoms with Gasteiger partial charge < -0.3 is 4.74 Å². The summed E-state index contributed by atoms with van der Waals surface area (Å²) in [6.07, 6.45) is 0.0413. The Morgan fingerprint density at radius 1 is 0.962 bits per heavy atom. The molecular weight excluding hydrogens is 373 g/mol. The molecule has 4 nitrogen and oxygen atoms in total. The topological polar surface area (TPSA) is 46.6 Å². The summed E-state index contributed by atoms with van der Waals surface area (Å²) in [5.74, 6) is -0.345. The summed E-state index contributed by atoms with van der Waals surface area (Å²) in [4.78, 5) is 26.6. The van der Waals surface area contributed by atoms with E-state index in [0.29, 0.717) is 27.6 Å². The van der Waals surface area contributed by atoms with Crippen LogP contribution >= 0.6 is 23.2 Å². The molecule has 0 bridgehead atoms. The number of nitrogens with zero attached hydrogens (tertiary/aromatic N) is 1. The number of anilines is 1. The molecule has 134 valence electrons. The van der Waals surface area contributed by atoms with E-state index in [4.69, 9.17) is 27.9 Å². The minimum atomic E-state index is -0.556. The molecule has 0 fully saturated rings. The highest BCUT2D eigenvalue weighted by Gasteiger charge is 2.39. The van der Waals surface area contributed by atoms with Crippen LogP contribution in [0.3, 0.4) is 0 Å². The number of ether oxygens (including phenoxy) is 1. The van der Waals surface area contributed by atoms with Crippen LogP contribution in [0.4, 0.5) is 5.69 Å². The number of hydrogen-bond acceptors (Lipinski definition) is 3. The van der Waals surface area contributed by atoms with Crippen LogP contribution in [0, 0.1) is 6.92 Å². The van der Waals surface area contributed by atoms with Gasteiger partial charge in [0.2, 0.25) is 0 Å². The Morgan fingerprint density at radius 3 is 2.23 bits per heavy atom. The largest absolute Gasteiger partial charge is 0.491 e. The minimum absolute atomic E-state index is 0.0413. The molecule has 2 aromatic rings. The van der Waals surface area contributed by atoms with Crippen LogP contribution in [0.2, 0.25) is 5.02 Å². The Labute approximate surface area is 162 Å². The maximum atomic E-state index is 12.9. The van der Waals surface area contributed by atoms with E-state index in [9.17, 15) is 9.59 Å². The Hall–Kier alpha value is -2.30. The van der Waals surface area contributed by atoms with E-state index in [2.05, 4.69) is 0 Å². The summed E-state index contributed by atoms with van der Waals surface area (Å²) in [6, 6.07) is 12.0. The Bertz CT molecular complexity index is 917. The quantitative estimate of drug-likeness (QED) is 0.694. The zero-order valence-electron chi connectivity index (χ0n) is 14.5. The van der Waals surface area contributed by atoms with E-state index in [0.717, 1.165) is 4.90 Å². The fourth-order valence-corrected chi connectivity index (χ4v) is 3.23. The van der Waals surface area contributed by atoms with Crippen molar-refractivity contribution >= 4 is 46.3 Å². The maximum absolute atomic E-state index is 12.9. The molecule has 0 unspecified atom stereocenters. The summed E-state index contributed by atoms with van der Waals surface area (Å²) < 4.78 is 5.60. The van der Waals surface area contributed by atoms with Gasteiger partial charge in [-0.1, -0.05) is 41.4 Å². The Morgan fingerprint density at radius 2 is 1.62 bits per heavy atom. The van der Waals surface area contributed by atoms with Crippen molar-refractivity contribution in [3.05, 3.63) is 63.6 Å². The molecule has 0 saturated heterocycles. The van der Waals surface area contributed by atoms with Gasteiger partial charge in [0.1, 0.15) is 10.8 Å². The van der Waals surface area contributed by atoms with Crippen LogP contribution in [-0.4, -0.2) is 17.9 Å². The van der Waals surface area contributed by atoms with Crippen LogP contribution in [-0.2, 0) is 9.59 Å². The van der Waals surface area contributed by atoms with Crippen molar-refractivity contribution in [2.45, 2.75) is 26.9 Å². The normalized spacial score (nSPS) is 14.6. The second-order valence-corrected chi connectivity index (χ2v) is 6.99. The van der Waals surface area contributed by atoms with E-state index < -0.39 is 11.8 Å². The van der Waals surface area contributed by atoms with Gasteiger partial charge in [-0.3, -0.25) is 9.59 Å². The second kappa shape index (κ2) is 7.14. The molecule has 0 spiro atoms. The number of carbonyl (C=O) groups is 2. The van der Waals surface area contributed by atoms with Gasteiger partial charge in [0.25, 0.3) is 11.8 Å². The van der Waals surface area contributed by atoms with E-state index in [1.54, 1.807) is 49.4 Å². The van der Waals surface area contributed by atoms with Gasteiger partial charge in [0, 0.05) is 5.02 Å². The van der Waals surface area contributed by atoms with Gasteiger partial charge in [-0.2, -0.15) is 0 Å². The van der Waals surface area contributed by atoms with Crippen molar-refractivity contribution in [3.8, 4) is 5.75 Å². The van der Waals surface area contributed by atoms with Gasteiger partial charge in [0.15, 0.2) is 0 Å². The van der Waals surface area contributed by atoms with Gasteiger partial charge in [-0.05, 0) is 56.2 Å². The molecule has 0 aromatic heterocycles. The van der Waals surface area contributed by atoms with Crippen LogP contribution < -0.4 is 9.64 Å². The lowest BCUT2D eigenvalue weighted by Crippen LogP contribution is -2.31. The lowest BCUT2D eigenvalue weighted by Gasteiger charge is -2.18. The highest BCUT2D eigenvalue weighted by atomic mass is 35.5. The van der Waals surface area contributed by atoms with Crippen molar-refractivity contribution in [1.29, 1.82) is 0 Å². The van der Waals surface area contributed by atoms with Crippen molar-refractivity contribution in [2.75, 3.05) is 4.90 Å². The zero-order chi connectivity index (χ0) is 19.0. The summed E-state index contributed by atoms with van der Waals surface area (Å²) in [5.41, 5.74) is 1.81. The molecule has 26 heavy (non-hydrogen) atoms. The Kier molecular flexibility index (Phi) is 5.08. The number of rotatable bonds is 4. The predicted octanol–water partition coefficient (Wildman–Crippen LogP) is 4.96. The number of halogens is 2. The van der Waals surface area contributed by atoms with Crippen molar-refractivity contribution in [1.82, 2.24) is 0 Å². The second-order valence-electron chi connectivity index (χ2n) is 6.21. The molecule has 0 N–H and O–H groups in total. The molecule has 1 aliphatic heterocycles. The first-order chi connectivity index (χ1) is 12.3. The Balaban J connectivity index is 1.98. The van der Waals surface area contributed by atoms with Crippen LogP contribution in [0.25, 0.3) is 5.57 Å². The molecule has 3 rings (SSSR count). The molecular formula is C20H17Cl2NO3.